The third-order valence-corrected chi connectivity index (χ3v) is 4.83. The Balaban J connectivity index is 2.56. The van der Waals surface area contributed by atoms with Crippen LogP contribution in [0.2, 0.25) is 0 Å². The van der Waals surface area contributed by atoms with Crippen LogP contribution in [0.15, 0.2) is 0 Å². The van der Waals surface area contributed by atoms with E-state index in [9.17, 15) is 4.79 Å². The van der Waals surface area contributed by atoms with Gasteiger partial charge in [-0.25, -0.2) is 0 Å². The number of hydrogen-bond donors (Lipinski definition) is 2. The second-order valence-corrected chi connectivity index (χ2v) is 6.41. The molecule has 0 aromatic heterocycles. The Kier molecular flexibility index (Phi) is 5.81. The molecule has 0 saturated heterocycles. The molecule has 1 rings (SSSR count). The van der Waals surface area contributed by atoms with Gasteiger partial charge in [-0.3, -0.25) is 4.79 Å². The maximum absolute atomic E-state index is 12.4. The molecule has 3 N–H and O–H groups in total. The summed E-state index contributed by atoms with van der Waals surface area (Å²) in [6, 6.07) is 0.210. The van der Waals surface area contributed by atoms with Crippen LogP contribution in [0.25, 0.3) is 0 Å². The Labute approximate surface area is 117 Å². The zero-order valence-electron chi connectivity index (χ0n) is 13.0. The molecule has 1 aliphatic carbocycles. The van der Waals surface area contributed by atoms with Gasteiger partial charge in [-0.15, -0.1) is 0 Å². The van der Waals surface area contributed by atoms with E-state index in [1.165, 1.54) is 0 Å². The standard InChI is InChI=1S/C15H30N2O2/c1-6-19-10(2)9-17-14(18)12-7-8-13(16)11(3)15(12,4)5/h10-13H,6-9,16H2,1-5H3,(H,17,18). The zero-order valence-corrected chi connectivity index (χ0v) is 13.0. The Morgan fingerprint density at radius 1 is 1.47 bits per heavy atom. The minimum atomic E-state index is -0.0450. The lowest BCUT2D eigenvalue weighted by atomic mass is 9.61. The molecule has 0 aromatic carbocycles. The van der Waals surface area contributed by atoms with E-state index in [0.29, 0.717) is 19.1 Å². The van der Waals surface area contributed by atoms with Crippen LogP contribution >= 0.6 is 0 Å². The van der Waals surface area contributed by atoms with Gasteiger partial charge in [-0.1, -0.05) is 20.8 Å². The third kappa shape index (κ3) is 3.93. The summed E-state index contributed by atoms with van der Waals surface area (Å²) in [4.78, 5) is 12.4. The van der Waals surface area contributed by atoms with Gasteiger partial charge in [0.05, 0.1) is 6.10 Å². The van der Waals surface area contributed by atoms with Crippen molar-refractivity contribution in [2.45, 2.75) is 59.6 Å². The van der Waals surface area contributed by atoms with Gasteiger partial charge in [0.15, 0.2) is 0 Å². The normalized spacial score (nSPS) is 31.8. The first-order valence-corrected chi connectivity index (χ1v) is 7.45. The Morgan fingerprint density at radius 2 is 2.11 bits per heavy atom. The molecule has 0 aliphatic heterocycles. The maximum Gasteiger partial charge on any atom is 0.223 e. The highest BCUT2D eigenvalue weighted by Gasteiger charge is 2.44. The lowest BCUT2D eigenvalue weighted by Crippen LogP contribution is -2.52. The van der Waals surface area contributed by atoms with Gasteiger partial charge >= 0.3 is 0 Å². The SMILES string of the molecule is CCOC(C)CNC(=O)C1CCC(N)C(C)C1(C)C. The van der Waals surface area contributed by atoms with E-state index in [1.54, 1.807) is 0 Å². The van der Waals surface area contributed by atoms with Crippen LogP contribution in [0.3, 0.4) is 0 Å². The van der Waals surface area contributed by atoms with Crippen molar-refractivity contribution in [3.8, 4) is 0 Å². The van der Waals surface area contributed by atoms with Crippen LogP contribution in [0.1, 0.15) is 47.5 Å². The van der Waals surface area contributed by atoms with Crippen molar-refractivity contribution in [1.29, 1.82) is 0 Å². The number of carbonyl (C=O) groups excluding carboxylic acids is 1. The molecule has 1 saturated carbocycles. The van der Waals surface area contributed by atoms with Crippen molar-refractivity contribution in [2.24, 2.45) is 23.0 Å². The van der Waals surface area contributed by atoms with Crippen LogP contribution in [0, 0.1) is 17.3 Å². The van der Waals surface area contributed by atoms with E-state index in [0.717, 1.165) is 12.8 Å². The summed E-state index contributed by atoms with van der Waals surface area (Å²) in [6.45, 7) is 11.7. The minimum absolute atomic E-state index is 0.0450. The van der Waals surface area contributed by atoms with Gasteiger partial charge in [0.1, 0.15) is 0 Å². The Bertz CT molecular complexity index is 305. The summed E-state index contributed by atoms with van der Waals surface area (Å²) in [7, 11) is 0. The molecule has 0 bridgehead atoms. The average molecular weight is 270 g/mol. The van der Waals surface area contributed by atoms with E-state index in [4.69, 9.17) is 10.5 Å². The minimum Gasteiger partial charge on any atom is -0.377 e. The highest BCUT2D eigenvalue weighted by atomic mass is 16.5. The topological polar surface area (TPSA) is 64.3 Å². The number of nitrogens with one attached hydrogen (secondary N) is 1. The van der Waals surface area contributed by atoms with Crippen LogP contribution in [-0.2, 0) is 9.53 Å². The van der Waals surface area contributed by atoms with Crippen molar-refractivity contribution < 1.29 is 9.53 Å². The van der Waals surface area contributed by atoms with E-state index >= 15 is 0 Å². The van der Waals surface area contributed by atoms with Gasteiger partial charge in [-0.05, 0) is 38.0 Å². The summed E-state index contributed by atoms with van der Waals surface area (Å²) >= 11 is 0. The maximum atomic E-state index is 12.4. The monoisotopic (exact) mass is 270 g/mol. The molecule has 1 aliphatic rings. The number of rotatable bonds is 5. The molecule has 0 radical (unpaired) electrons. The second-order valence-electron chi connectivity index (χ2n) is 6.41. The van der Waals surface area contributed by atoms with Gasteiger partial charge in [-0.2, -0.15) is 0 Å². The first kappa shape index (κ1) is 16.4. The number of ether oxygens (including phenoxy) is 1. The van der Waals surface area contributed by atoms with Crippen LogP contribution < -0.4 is 11.1 Å². The summed E-state index contributed by atoms with van der Waals surface area (Å²) < 4.78 is 5.43. The smallest absolute Gasteiger partial charge is 0.223 e. The number of hydrogen-bond acceptors (Lipinski definition) is 3. The van der Waals surface area contributed by atoms with Gasteiger partial charge in [0, 0.05) is 25.1 Å². The van der Waals surface area contributed by atoms with Crippen molar-refractivity contribution in [3.63, 3.8) is 0 Å². The zero-order chi connectivity index (χ0) is 14.6. The molecule has 1 fully saturated rings. The summed E-state index contributed by atoms with van der Waals surface area (Å²) in [5, 5.41) is 3.02. The van der Waals surface area contributed by atoms with E-state index < -0.39 is 0 Å². The second kappa shape index (κ2) is 6.71. The van der Waals surface area contributed by atoms with E-state index in [-0.39, 0.29) is 29.4 Å². The van der Waals surface area contributed by atoms with Gasteiger partial charge < -0.3 is 15.8 Å². The molecule has 19 heavy (non-hydrogen) atoms. The molecular formula is C15H30N2O2. The quantitative estimate of drug-likeness (QED) is 0.802. The average Bonchev–Trinajstić information content (AvgIpc) is 2.34. The number of nitrogens with two attached hydrogens (primary N) is 1. The molecule has 1 amide bonds. The molecule has 4 heteroatoms. The third-order valence-electron chi connectivity index (χ3n) is 4.83. The molecule has 0 spiro atoms. The largest absolute Gasteiger partial charge is 0.377 e. The first-order valence-electron chi connectivity index (χ1n) is 7.45. The predicted molar refractivity (Wildman–Crippen MR) is 77.7 cm³/mol. The lowest BCUT2D eigenvalue weighted by molar-refractivity contribution is -0.133. The van der Waals surface area contributed by atoms with Crippen molar-refractivity contribution >= 4 is 5.91 Å². The molecule has 112 valence electrons. The van der Waals surface area contributed by atoms with Crippen LogP contribution in [0.5, 0.6) is 0 Å². The summed E-state index contributed by atoms with van der Waals surface area (Å²) in [5.41, 5.74) is 6.08. The highest BCUT2D eigenvalue weighted by Crippen LogP contribution is 2.44. The molecule has 4 unspecified atom stereocenters. The Morgan fingerprint density at radius 3 is 2.68 bits per heavy atom. The number of carbonyl (C=O) groups is 1. The number of amides is 1. The van der Waals surface area contributed by atoms with Crippen LogP contribution in [0.4, 0.5) is 0 Å². The van der Waals surface area contributed by atoms with Crippen molar-refractivity contribution in [1.82, 2.24) is 5.32 Å². The predicted octanol–water partition coefficient (Wildman–Crippen LogP) is 1.93. The van der Waals surface area contributed by atoms with Gasteiger partial charge in [0.2, 0.25) is 5.91 Å². The first-order chi connectivity index (χ1) is 8.80. The summed E-state index contributed by atoms with van der Waals surface area (Å²) in [5.74, 6) is 0.563. The molecular weight excluding hydrogens is 240 g/mol. The van der Waals surface area contributed by atoms with Crippen LogP contribution in [-0.4, -0.2) is 31.2 Å². The van der Waals surface area contributed by atoms with E-state index in [2.05, 4.69) is 26.1 Å². The fourth-order valence-corrected chi connectivity index (χ4v) is 3.03. The Hall–Kier alpha value is -0.610. The fraction of sp³-hybridized carbons (Fsp3) is 0.933. The molecule has 4 nitrogen and oxygen atoms in total. The van der Waals surface area contributed by atoms with E-state index in [1.807, 2.05) is 13.8 Å². The molecule has 0 aromatic rings. The van der Waals surface area contributed by atoms with Gasteiger partial charge in [0.25, 0.3) is 0 Å². The molecule has 4 atom stereocenters. The lowest BCUT2D eigenvalue weighted by Gasteiger charge is -2.46. The highest BCUT2D eigenvalue weighted by molar-refractivity contribution is 5.79. The molecule has 0 heterocycles. The van der Waals surface area contributed by atoms with Crippen molar-refractivity contribution in [2.75, 3.05) is 13.2 Å². The van der Waals surface area contributed by atoms with Crippen molar-refractivity contribution in [3.05, 3.63) is 0 Å². The summed E-state index contributed by atoms with van der Waals surface area (Å²) in [6.07, 6.45) is 1.89. The fourth-order valence-electron chi connectivity index (χ4n) is 3.03.